The van der Waals surface area contributed by atoms with Gasteiger partial charge in [-0.05, 0) is 42.9 Å². The fourth-order valence-electron chi connectivity index (χ4n) is 3.18. The first kappa shape index (κ1) is 15.4. The van der Waals surface area contributed by atoms with Crippen molar-refractivity contribution < 1.29 is 4.39 Å². The van der Waals surface area contributed by atoms with Crippen LogP contribution in [0.15, 0.2) is 18.2 Å². The maximum Gasteiger partial charge on any atom is 0.123 e. The van der Waals surface area contributed by atoms with Crippen molar-refractivity contribution in [3.63, 3.8) is 0 Å². The zero-order chi connectivity index (χ0) is 14.9. The Morgan fingerprint density at radius 2 is 2.10 bits per heavy atom. The minimum atomic E-state index is -0.287. The summed E-state index contributed by atoms with van der Waals surface area (Å²) < 4.78 is 13.4. The Hall–Kier alpha value is -1.00. The van der Waals surface area contributed by atoms with Crippen LogP contribution in [0.5, 0.6) is 0 Å². The summed E-state index contributed by atoms with van der Waals surface area (Å²) in [5, 5.41) is 0. The van der Waals surface area contributed by atoms with Gasteiger partial charge in [-0.2, -0.15) is 0 Å². The minimum Gasteiger partial charge on any atom is -0.389 e. The van der Waals surface area contributed by atoms with E-state index in [9.17, 15) is 4.39 Å². The summed E-state index contributed by atoms with van der Waals surface area (Å²) in [5.74, 6) is 1.08. The number of halogens is 1. The van der Waals surface area contributed by atoms with Gasteiger partial charge >= 0.3 is 0 Å². The number of piperidine rings is 1. The molecule has 1 heterocycles. The van der Waals surface area contributed by atoms with Gasteiger partial charge in [-0.25, -0.2) is 4.39 Å². The van der Waals surface area contributed by atoms with E-state index in [1.165, 1.54) is 18.6 Å². The molecule has 2 rings (SSSR count). The maximum absolute atomic E-state index is 13.4. The van der Waals surface area contributed by atoms with Gasteiger partial charge in [-0.1, -0.05) is 32.1 Å². The highest BCUT2D eigenvalue weighted by molar-refractivity contribution is 7.80. The molecule has 3 unspecified atom stereocenters. The van der Waals surface area contributed by atoms with Gasteiger partial charge in [0.15, 0.2) is 0 Å². The van der Waals surface area contributed by atoms with Gasteiger partial charge in [0, 0.05) is 24.7 Å². The first-order chi connectivity index (χ1) is 9.38. The van der Waals surface area contributed by atoms with E-state index in [1.807, 2.05) is 0 Å². The second kappa shape index (κ2) is 6.19. The molecule has 1 aromatic carbocycles. The molecule has 1 fully saturated rings. The van der Waals surface area contributed by atoms with Crippen molar-refractivity contribution in [3.05, 3.63) is 35.1 Å². The summed E-state index contributed by atoms with van der Waals surface area (Å²) in [6.45, 7) is 8.70. The molecule has 3 atom stereocenters. The quantitative estimate of drug-likeness (QED) is 0.867. The lowest BCUT2D eigenvalue weighted by molar-refractivity contribution is 0.0729. The van der Waals surface area contributed by atoms with E-state index in [0.717, 1.165) is 18.7 Å². The average Bonchev–Trinajstić information content (AvgIpc) is 2.37. The van der Waals surface area contributed by atoms with Crippen LogP contribution >= 0.6 is 12.2 Å². The molecule has 1 aromatic rings. The molecule has 4 heteroatoms. The number of hydrogen-bond donors (Lipinski definition) is 1. The van der Waals surface area contributed by atoms with E-state index >= 15 is 0 Å². The lowest BCUT2D eigenvalue weighted by atomic mass is 9.85. The lowest BCUT2D eigenvalue weighted by Gasteiger charge is -2.41. The van der Waals surface area contributed by atoms with Crippen molar-refractivity contribution in [3.8, 4) is 0 Å². The van der Waals surface area contributed by atoms with Crippen LogP contribution in [0.2, 0.25) is 0 Å². The van der Waals surface area contributed by atoms with E-state index in [4.69, 9.17) is 18.0 Å². The average molecular weight is 294 g/mol. The molecule has 0 radical (unpaired) electrons. The van der Waals surface area contributed by atoms with E-state index in [0.29, 0.717) is 23.4 Å². The van der Waals surface area contributed by atoms with Crippen molar-refractivity contribution in [2.24, 2.45) is 17.6 Å². The van der Waals surface area contributed by atoms with E-state index < -0.39 is 0 Å². The number of hydrogen-bond acceptors (Lipinski definition) is 2. The Morgan fingerprint density at radius 1 is 1.40 bits per heavy atom. The fraction of sp³-hybridized carbons (Fsp3) is 0.562. The maximum atomic E-state index is 13.4. The molecule has 2 nitrogen and oxygen atoms in total. The molecule has 0 saturated carbocycles. The van der Waals surface area contributed by atoms with Gasteiger partial charge in [0.25, 0.3) is 0 Å². The first-order valence-electron chi connectivity index (χ1n) is 7.20. The van der Waals surface area contributed by atoms with Gasteiger partial charge in [0.1, 0.15) is 10.8 Å². The molecule has 0 amide bonds. The summed E-state index contributed by atoms with van der Waals surface area (Å²) in [5.41, 5.74) is 7.41. The third kappa shape index (κ3) is 3.36. The zero-order valence-electron chi connectivity index (χ0n) is 12.4. The largest absolute Gasteiger partial charge is 0.389 e. The summed E-state index contributed by atoms with van der Waals surface area (Å²) in [6, 6.07) is 5.26. The molecule has 1 saturated heterocycles. The molecule has 110 valence electrons. The van der Waals surface area contributed by atoms with Crippen LogP contribution in [-0.4, -0.2) is 22.5 Å². The Balaban J connectivity index is 2.23. The third-order valence-corrected chi connectivity index (χ3v) is 4.65. The minimum absolute atomic E-state index is 0.269. The Kier molecular flexibility index (Phi) is 4.76. The van der Waals surface area contributed by atoms with Crippen LogP contribution in [0.1, 0.15) is 38.3 Å². The normalized spacial score (nSPS) is 27.5. The van der Waals surface area contributed by atoms with Crippen molar-refractivity contribution >= 4 is 17.2 Å². The summed E-state index contributed by atoms with van der Waals surface area (Å²) in [7, 11) is 0. The van der Waals surface area contributed by atoms with Gasteiger partial charge < -0.3 is 5.73 Å². The van der Waals surface area contributed by atoms with Crippen molar-refractivity contribution in [1.29, 1.82) is 0 Å². The highest BCUT2D eigenvalue weighted by Gasteiger charge is 2.29. The molecule has 1 aliphatic rings. The van der Waals surface area contributed by atoms with E-state index in [1.54, 1.807) is 6.07 Å². The predicted octanol–water partition coefficient (Wildman–Crippen LogP) is 3.33. The van der Waals surface area contributed by atoms with Crippen LogP contribution in [0.3, 0.4) is 0 Å². The molecule has 0 aromatic heterocycles. The van der Waals surface area contributed by atoms with Crippen molar-refractivity contribution in [2.75, 3.05) is 6.54 Å². The number of thiocarbonyl (C=S) groups is 1. The fourth-order valence-corrected chi connectivity index (χ4v) is 3.37. The molecule has 2 N–H and O–H groups in total. The Bertz CT molecular complexity index is 503. The van der Waals surface area contributed by atoms with Gasteiger partial charge in [-0.3, -0.25) is 4.90 Å². The second-order valence-corrected chi connectivity index (χ2v) is 6.59. The molecule has 0 aliphatic carbocycles. The monoisotopic (exact) mass is 294 g/mol. The van der Waals surface area contributed by atoms with Crippen LogP contribution in [0, 0.1) is 17.7 Å². The lowest BCUT2D eigenvalue weighted by Crippen LogP contribution is -2.45. The third-order valence-electron chi connectivity index (χ3n) is 4.43. The van der Waals surface area contributed by atoms with Crippen LogP contribution < -0.4 is 5.73 Å². The van der Waals surface area contributed by atoms with Crippen LogP contribution in [0.4, 0.5) is 4.39 Å². The van der Waals surface area contributed by atoms with Gasteiger partial charge in [0.2, 0.25) is 0 Å². The first-order valence-corrected chi connectivity index (χ1v) is 7.61. The highest BCUT2D eigenvalue weighted by Crippen LogP contribution is 2.28. The molecule has 1 aliphatic heterocycles. The van der Waals surface area contributed by atoms with Crippen molar-refractivity contribution in [2.45, 2.75) is 39.8 Å². The number of nitrogens with two attached hydrogens (primary N) is 1. The molecule has 0 spiro atoms. The zero-order valence-corrected chi connectivity index (χ0v) is 13.2. The predicted molar refractivity (Wildman–Crippen MR) is 85.1 cm³/mol. The topological polar surface area (TPSA) is 29.3 Å². The summed E-state index contributed by atoms with van der Waals surface area (Å²) in [6.07, 6.45) is 1.27. The van der Waals surface area contributed by atoms with E-state index in [2.05, 4.69) is 25.7 Å². The van der Waals surface area contributed by atoms with Crippen molar-refractivity contribution in [1.82, 2.24) is 4.90 Å². The number of rotatable bonds is 3. The SMILES string of the molecule is CC1CC(C)C(C)N(Cc2ccc(F)cc2C(N)=S)C1. The van der Waals surface area contributed by atoms with E-state index in [-0.39, 0.29) is 10.8 Å². The second-order valence-electron chi connectivity index (χ2n) is 6.15. The number of likely N-dealkylation sites (tertiary alicyclic amines) is 1. The Labute approximate surface area is 126 Å². The van der Waals surface area contributed by atoms with Crippen LogP contribution in [0.25, 0.3) is 0 Å². The number of nitrogens with zero attached hydrogens (tertiary/aromatic N) is 1. The standard InChI is InChI=1S/C16H23FN2S/c1-10-6-11(2)12(3)19(8-10)9-13-4-5-14(17)7-15(13)16(18)20/h4-5,7,10-12H,6,8-9H2,1-3H3,(H2,18,20). The molecular weight excluding hydrogens is 271 g/mol. The highest BCUT2D eigenvalue weighted by atomic mass is 32.1. The smallest absolute Gasteiger partial charge is 0.123 e. The summed E-state index contributed by atoms with van der Waals surface area (Å²) >= 11 is 5.05. The van der Waals surface area contributed by atoms with Crippen LogP contribution in [-0.2, 0) is 6.54 Å². The number of benzene rings is 1. The molecular formula is C16H23FN2S. The Morgan fingerprint density at radius 3 is 2.75 bits per heavy atom. The summed E-state index contributed by atoms with van der Waals surface area (Å²) in [4.78, 5) is 2.72. The molecule has 0 bridgehead atoms. The van der Waals surface area contributed by atoms with Gasteiger partial charge in [-0.15, -0.1) is 0 Å². The van der Waals surface area contributed by atoms with Gasteiger partial charge in [0.05, 0.1) is 0 Å². The molecule has 20 heavy (non-hydrogen) atoms.